The van der Waals surface area contributed by atoms with Gasteiger partial charge in [-0.1, -0.05) is 97.8 Å². The normalized spacial score (nSPS) is 13.4. The summed E-state index contributed by atoms with van der Waals surface area (Å²) in [5, 5.41) is 9.73. The maximum atomic E-state index is 12.8. The first-order valence-corrected chi connectivity index (χ1v) is 14.3. The van der Waals surface area contributed by atoms with Crippen molar-refractivity contribution in [2.45, 2.75) is 136 Å². The van der Waals surface area contributed by atoms with Crippen LogP contribution in [0.25, 0.3) is 0 Å². The molecule has 5 nitrogen and oxygen atoms in total. The Labute approximate surface area is 211 Å². The first-order chi connectivity index (χ1) is 16.3. The van der Waals surface area contributed by atoms with Gasteiger partial charge in [0.2, 0.25) is 0 Å². The molecule has 0 aliphatic heterocycles. The van der Waals surface area contributed by atoms with E-state index in [1.807, 2.05) is 14.1 Å². The molecule has 0 saturated carbocycles. The highest BCUT2D eigenvalue weighted by molar-refractivity contribution is 5.81. The van der Waals surface area contributed by atoms with E-state index in [0.717, 1.165) is 44.6 Å². The second-order valence-corrected chi connectivity index (χ2v) is 10.5. The topological polar surface area (TPSA) is 66.8 Å². The minimum Gasteiger partial charge on any atom is -0.459 e. The van der Waals surface area contributed by atoms with Gasteiger partial charge in [0.1, 0.15) is 11.9 Å². The van der Waals surface area contributed by atoms with E-state index >= 15 is 0 Å². The third kappa shape index (κ3) is 18.4. The number of carbonyl (C=O) groups is 2. The van der Waals surface area contributed by atoms with Crippen LogP contribution in [0.1, 0.15) is 130 Å². The number of esters is 1. The van der Waals surface area contributed by atoms with Gasteiger partial charge in [0.25, 0.3) is 0 Å². The molecule has 5 heteroatoms. The number of ether oxygens (including phenoxy) is 1. The van der Waals surface area contributed by atoms with Crippen LogP contribution < -0.4 is 0 Å². The lowest BCUT2D eigenvalue weighted by atomic mass is 9.88. The highest BCUT2D eigenvalue weighted by atomic mass is 16.6. The lowest BCUT2D eigenvalue weighted by molar-refractivity contribution is -0.156. The van der Waals surface area contributed by atoms with Crippen molar-refractivity contribution in [2.24, 2.45) is 11.8 Å². The molecule has 202 valence electrons. The molecule has 0 aromatic heterocycles. The van der Waals surface area contributed by atoms with E-state index < -0.39 is 12.0 Å². The van der Waals surface area contributed by atoms with E-state index in [0.29, 0.717) is 12.8 Å². The van der Waals surface area contributed by atoms with E-state index in [4.69, 9.17) is 4.74 Å². The zero-order valence-corrected chi connectivity index (χ0v) is 23.3. The number of ketones is 1. The quantitative estimate of drug-likeness (QED) is 0.119. The first-order valence-electron chi connectivity index (χ1n) is 14.3. The average molecular weight is 484 g/mol. The van der Waals surface area contributed by atoms with E-state index in [2.05, 4.69) is 18.7 Å². The van der Waals surface area contributed by atoms with Gasteiger partial charge in [0, 0.05) is 12.8 Å². The van der Waals surface area contributed by atoms with Gasteiger partial charge < -0.3 is 14.7 Å². The number of Topliss-reactive ketones (excluding diaryl/α,β-unsaturated/α-hetero) is 1. The number of nitrogens with zero attached hydrogens (tertiary/aromatic N) is 1. The molecule has 0 rings (SSSR count). The third-order valence-corrected chi connectivity index (χ3v) is 6.98. The summed E-state index contributed by atoms with van der Waals surface area (Å²) in [6, 6.07) is 0. The van der Waals surface area contributed by atoms with Crippen LogP contribution in [0.5, 0.6) is 0 Å². The molecule has 0 saturated heterocycles. The zero-order valence-electron chi connectivity index (χ0n) is 23.3. The molecular formula is C29H57NO4. The predicted octanol–water partition coefficient (Wildman–Crippen LogP) is 6.95. The summed E-state index contributed by atoms with van der Waals surface area (Å²) in [6.45, 7) is 7.01. The second-order valence-electron chi connectivity index (χ2n) is 10.5. The molecule has 0 spiro atoms. The fourth-order valence-corrected chi connectivity index (χ4v) is 4.55. The molecule has 0 fully saturated rings. The number of hydrogen-bond acceptors (Lipinski definition) is 5. The highest BCUT2D eigenvalue weighted by Crippen LogP contribution is 2.24. The molecule has 0 aromatic carbocycles. The molecule has 1 N–H and O–H groups in total. The predicted molar refractivity (Wildman–Crippen MR) is 143 cm³/mol. The summed E-state index contributed by atoms with van der Waals surface area (Å²) in [4.78, 5) is 27.1. The van der Waals surface area contributed by atoms with Crippen LogP contribution in [0.2, 0.25) is 0 Å². The number of aliphatic hydroxyl groups excluding tert-OH is 1. The largest absolute Gasteiger partial charge is 0.459 e. The maximum Gasteiger partial charge on any atom is 0.306 e. The van der Waals surface area contributed by atoms with Crippen molar-refractivity contribution in [2.75, 3.05) is 27.2 Å². The lowest BCUT2D eigenvalue weighted by Gasteiger charge is -2.22. The number of carbonyl (C=O) groups excluding carboxylic acids is 2. The maximum absolute atomic E-state index is 12.8. The fraction of sp³-hybridized carbons (Fsp3) is 0.931. The van der Waals surface area contributed by atoms with Gasteiger partial charge >= 0.3 is 5.97 Å². The minimum absolute atomic E-state index is 0.105. The van der Waals surface area contributed by atoms with Gasteiger partial charge in [0.15, 0.2) is 0 Å². The molecule has 2 unspecified atom stereocenters. The Balaban J connectivity index is 4.37. The molecule has 34 heavy (non-hydrogen) atoms. The minimum atomic E-state index is -0.722. The Hall–Kier alpha value is -0.940. The standard InChI is InChI=1S/C29H57NO4/c1-6-8-10-13-18-26(19-14-11-9-7-2)20-17-21-27(32)25(3)28(24-31)34-29(33)22-15-12-16-23-30(4)5/h25-26,28,31H,6-24H2,1-5H3. The van der Waals surface area contributed by atoms with Crippen molar-refractivity contribution in [3.63, 3.8) is 0 Å². The summed E-state index contributed by atoms with van der Waals surface area (Å²) in [7, 11) is 4.08. The van der Waals surface area contributed by atoms with Gasteiger partial charge in [-0.3, -0.25) is 9.59 Å². The second kappa shape index (κ2) is 22.5. The van der Waals surface area contributed by atoms with E-state index in [1.54, 1.807) is 6.92 Å². The van der Waals surface area contributed by atoms with Crippen LogP contribution in [0.4, 0.5) is 0 Å². The average Bonchev–Trinajstić information content (AvgIpc) is 2.81. The van der Waals surface area contributed by atoms with Gasteiger partial charge in [-0.25, -0.2) is 0 Å². The molecule has 0 aromatic rings. The van der Waals surface area contributed by atoms with Crippen LogP contribution in [0, 0.1) is 11.8 Å². The molecule has 0 amide bonds. The van der Waals surface area contributed by atoms with Crippen molar-refractivity contribution in [1.82, 2.24) is 4.90 Å². The van der Waals surface area contributed by atoms with Crippen LogP contribution in [0.3, 0.4) is 0 Å². The molecule has 0 aliphatic rings. The van der Waals surface area contributed by atoms with Gasteiger partial charge in [-0.05, 0) is 45.8 Å². The SMILES string of the molecule is CCCCCCC(CCCCCC)CCCC(=O)C(C)C(CO)OC(=O)CCCCCN(C)C. The van der Waals surface area contributed by atoms with Gasteiger partial charge in [-0.15, -0.1) is 0 Å². The number of rotatable bonds is 24. The van der Waals surface area contributed by atoms with Crippen molar-refractivity contribution < 1.29 is 19.4 Å². The molecule has 0 aliphatic carbocycles. The molecular weight excluding hydrogens is 426 g/mol. The Morgan fingerprint density at radius 1 is 0.765 bits per heavy atom. The van der Waals surface area contributed by atoms with Crippen molar-refractivity contribution >= 4 is 11.8 Å². The van der Waals surface area contributed by atoms with Crippen molar-refractivity contribution in [1.29, 1.82) is 0 Å². The number of unbranched alkanes of at least 4 members (excludes halogenated alkanes) is 8. The number of aliphatic hydroxyl groups is 1. The van der Waals surface area contributed by atoms with Crippen molar-refractivity contribution in [3.05, 3.63) is 0 Å². The van der Waals surface area contributed by atoms with Crippen LogP contribution in [0.15, 0.2) is 0 Å². The summed E-state index contributed by atoms with van der Waals surface area (Å²) < 4.78 is 5.47. The third-order valence-electron chi connectivity index (χ3n) is 6.98. The molecule has 0 bridgehead atoms. The first kappa shape index (κ1) is 33.1. The van der Waals surface area contributed by atoms with Gasteiger partial charge in [0.05, 0.1) is 12.5 Å². The monoisotopic (exact) mass is 483 g/mol. The van der Waals surface area contributed by atoms with Crippen molar-refractivity contribution in [3.8, 4) is 0 Å². The van der Waals surface area contributed by atoms with Crippen LogP contribution in [-0.2, 0) is 14.3 Å². The van der Waals surface area contributed by atoms with E-state index in [-0.39, 0.29) is 18.4 Å². The summed E-state index contributed by atoms with van der Waals surface area (Å²) >= 11 is 0. The summed E-state index contributed by atoms with van der Waals surface area (Å²) in [6.07, 6.45) is 17.9. The Bertz CT molecular complexity index is 483. The summed E-state index contributed by atoms with van der Waals surface area (Å²) in [5.74, 6) is 0.0716. The Kier molecular flexibility index (Phi) is 21.9. The fourth-order valence-electron chi connectivity index (χ4n) is 4.55. The lowest BCUT2D eigenvalue weighted by Crippen LogP contribution is -2.33. The Morgan fingerprint density at radius 3 is 1.85 bits per heavy atom. The number of hydrogen-bond donors (Lipinski definition) is 1. The molecule has 0 radical (unpaired) electrons. The van der Waals surface area contributed by atoms with Crippen LogP contribution >= 0.6 is 0 Å². The zero-order chi connectivity index (χ0) is 25.6. The molecule has 0 heterocycles. The van der Waals surface area contributed by atoms with Crippen LogP contribution in [-0.4, -0.2) is 55.1 Å². The Morgan fingerprint density at radius 2 is 1.32 bits per heavy atom. The van der Waals surface area contributed by atoms with Gasteiger partial charge in [-0.2, -0.15) is 0 Å². The summed E-state index contributed by atoms with van der Waals surface area (Å²) in [5.41, 5.74) is 0. The highest BCUT2D eigenvalue weighted by Gasteiger charge is 2.26. The van der Waals surface area contributed by atoms with E-state index in [9.17, 15) is 14.7 Å². The van der Waals surface area contributed by atoms with E-state index in [1.165, 1.54) is 64.2 Å². The molecule has 2 atom stereocenters. The smallest absolute Gasteiger partial charge is 0.306 e.